The van der Waals surface area contributed by atoms with Gasteiger partial charge in [0.25, 0.3) is 5.56 Å². The number of carbonyl (C=O) groups is 1. The molecule has 0 unspecified atom stereocenters. The number of carbonyl (C=O) groups excluding carboxylic acids is 1. The second-order valence-corrected chi connectivity index (χ2v) is 9.71. The van der Waals surface area contributed by atoms with Crippen LogP contribution in [0.4, 0.5) is 4.39 Å². The summed E-state index contributed by atoms with van der Waals surface area (Å²) < 4.78 is 15.0. The van der Waals surface area contributed by atoms with Crippen LogP contribution in [0, 0.1) is 5.82 Å². The lowest BCUT2D eigenvalue weighted by Crippen LogP contribution is -2.37. The summed E-state index contributed by atoms with van der Waals surface area (Å²) in [5.74, 6) is -0.174. The van der Waals surface area contributed by atoms with E-state index in [0.717, 1.165) is 47.9 Å². The highest BCUT2D eigenvalue weighted by molar-refractivity contribution is 7.18. The predicted molar refractivity (Wildman–Crippen MR) is 125 cm³/mol. The van der Waals surface area contributed by atoms with Crippen molar-refractivity contribution in [1.29, 1.82) is 0 Å². The maximum absolute atomic E-state index is 13.4. The molecule has 1 amide bonds. The number of hydrogen-bond acceptors (Lipinski definition) is 4. The second kappa shape index (κ2) is 8.98. The first-order valence-electron chi connectivity index (χ1n) is 11.3. The molecular formula is C25H26FN3O2S. The Labute approximate surface area is 190 Å². The van der Waals surface area contributed by atoms with Crippen molar-refractivity contribution in [2.45, 2.75) is 51.5 Å². The lowest BCUT2D eigenvalue weighted by molar-refractivity contribution is -0.131. The van der Waals surface area contributed by atoms with E-state index in [4.69, 9.17) is 0 Å². The molecule has 0 N–H and O–H groups in total. The highest BCUT2D eigenvalue weighted by atomic mass is 32.1. The Morgan fingerprint density at radius 3 is 2.78 bits per heavy atom. The van der Waals surface area contributed by atoms with Gasteiger partial charge in [0.2, 0.25) is 5.91 Å². The Bertz CT molecular complexity index is 1250. The van der Waals surface area contributed by atoms with E-state index in [1.54, 1.807) is 28.3 Å². The van der Waals surface area contributed by atoms with Crippen LogP contribution in [0.2, 0.25) is 0 Å². The zero-order valence-electron chi connectivity index (χ0n) is 18.0. The molecule has 1 fully saturated rings. The molecule has 1 saturated heterocycles. The van der Waals surface area contributed by atoms with Gasteiger partial charge in [-0.1, -0.05) is 23.8 Å². The average molecular weight is 452 g/mol. The summed E-state index contributed by atoms with van der Waals surface area (Å²) in [5, 5.41) is 0.768. The minimum atomic E-state index is -0.238. The normalized spacial score (nSPS) is 16.3. The monoisotopic (exact) mass is 451 g/mol. The molecule has 0 saturated carbocycles. The SMILES string of the molecule is O=C(CCn1cnc2sc3c(c2c1=O)CCCC3)N1CCC(=Cc2cccc(F)c2)CC1. The number of likely N-dealkylation sites (tertiary alicyclic amines) is 1. The van der Waals surface area contributed by atoms with Gasteiger partial charge in [-0.05, 0) is 61.8 Å². The second-order valence-electron chi connectivity index (χ2n) is 8.62. The number of hydrogen-bond donors (Lipinski definition) is 0. The van der Waals surface area contributed by atoms with Crippen LogP contribution in [0.25, 0.3) is 16.3 Å². The Morgan fingerprint density at radius 1 is 1.16 bits per heavy atom. The number of halogens is 1. The molecule has 5 nitrogen and oxygen atoms in total. The third-order valence-corrected chi connectivity index (χ3v) is 7.69. The van der Waals surface area contributed by atoms with Gasteiger partial charge in [-0.2, -0.15) is 0 Å². The number of aromatic nitrogens is 2. The quantitative estimate of drug-likeness (QED) is 0.584. The topological polar surface area (TPSA) is 55.2 Å². The Hall–Kier alpha value is -2.80. The minimum absolute atomic E-state index is 0.0128. The van der Waals surface area contributed by atoms with Gasteiger partial charge in [0.15, 0.2) is 0 Å². The molecule has 0 spiro atoms. The molecule has 3 aromatic rings. The van der Waals surface area contributed by atoms with Gasteiger partial charge in [0.1, 0.15) is 10.6 Å². The van der Waals surface area contributed by atoms with E-state index in [2.05, 4.69) is 4.98 Å². The van der Waals surface area contributed by atoms with Crippen molar-refractivity contribution in [3.05, 3.63) is 68.3 Å². The van der Waals surface area contributed by atoms with Crippen LogP contribution in [0.5, 0.6) is 0 Å². The largest absolute Gasteiger partial charge is 0.342 e. The maximum atomic E-state index is 13.4. The molecule has 1 aromatic carbocycles. The molecule has 2 aromatic heterocycles. The van der Waals surface area contributed by atoms with Gasteiger partial charge in [-0.3, -0.25) is 14.2 Å². The van der Waals surface area contributed by atoms with Gasteiger partial charge in [-0.25, -0.2) is 9.37 Å². The van der Waals surface area contributed by atoms with E-state index in [-0.39, 0.29) is 17.3 Å². The van der Waals surface area contributed by atoms with Crippen LogP contribution in [0.3, 0.4) is 0 Å². The zero-order chi connectivity index (χ0) is 22.1. The number of benzene rings is 1. The fourth-order valence-corrected chi connectivity index (χ4v) is 5.95. The van der Waals surface area contributed by atoms with Crippen LogP contribution in [-0.4, -0.2) is 33.4 Å². The number of rotatable bonds is 4. The zero-order valence-corrected chi connectivity index (χ0v) is 18.8. The Balaban J connectivity index is 1.22. The highest BCUT2D eigenvalue weighted by Gasteiger charge is 2.22. The summed E-state index contributed by atoms with van der Waals surface area (Å²) in [5.41, 5.74) is 3.26. The summed E-state index contributed by atoms with van der Waals surface area (Å²) in [6.45, 7) is 1.67. The average Bonchev–Trinajstić information content (AvgIpc) is 3.18. The molecule has 0 radical (unpaired) electrons. The van der Waals surface area contributed by atoms with Crippen LogP contribution < -0.4 is 5.56 Å². The van der Waals surface area contributed by atoms with Gasteiger partial charge in [0, 0.05) is 30.9 Å². The lowest BCUT2D eigenvalue weighted by atomic mass is 9.97. The van der Waals surface area contributed by atoms with Crippen LogP contribution in [0.15, 0.2) is 41.0 Å². The molecule has 7 heteroatoms. The smallest absolute Gasteiger partial charge is 0.262 e. The lowest BCUT2D eigenvalue weighted by Gasteiger charge is -2.28. The summed E-state index contributed by atoms with van der Waals surface area (Å²) in [6.07, 6.45) is 9.78. The van der Waals surface area contributed by atoms with E-state index in [1.807, 2.05) is 17.0 Å². The molecule has 0 bridgehead atoms. The van der Waals surface area contributed by atoms with Gasteiger partial charge in [-0.15, -0.1) is 11.3 Å². The predicted octanol–water partition coefficient (Wildman–Crippen LogP) is 4.57. The first-order valence-corrected chi connectivity index (χ1v) is 12.1. The third kappa shape index (κ3) is 4.26. The minimum Gasteiger partial charge on any atom is -0.342 e. The van der Waals surface area contributed by atoms with Gasteiger partial charge < -0.3 is 4.90 Å². The van der Waals surface area contributed by atoms with E-state index in [0.29, 0.717) is 26.1 Å². The first-order chi connectivity index (χ1) is 15.6. The number of fused-ring (bicyclic) bond motifs is 3. The number of piperidine rings is 1. The van der Waals surface area contributed by atoms with Crippen molar-refractivity contribution in [1.82, 2.24) is 14.5 Å². The van der Waals surface area contributed by atoms with E-state index in [9.17, 15) is 14.0 Å². The van der Waals surface area contributed by atoms with Gasteiger partial charge >= 0.3 is 0 Å². The summed E-state index contributed by atoms with van der Waals surface area (Å²) in [6, 6.07) is 6.56. The first kappa shape index (κ1) is 21.1. The van der Waals surface area contributed by atoms with E-state index < -0.39 is 0 Å². The van der Waals surface area contributed by atoms with Crippen molar-refractivity contribution in [2.24, 2.45) is 0 Å². The molecule has 0 atom stereocenters. The molecule has 3 heterocycles. The summed E-state index contributed by atoms with van der Waals surface area (Å²) in [4.78, 5) is 34.3. The van der Waals surface area contributed by atoms with Crippen molar-refractivity contribution >= 4 is 33.5 Å². The molecule has 32 heavy (non-hydrogen) atoms. The molecule has 1 aliphatic heterocycles. The Kier molecular flexibility index (Phi) is 5.91. The molecular weight excluding hydrogens is 425 g/mol. The molecule has 1 aliphatic carbocycles. The number of nitrogens with zero attached hydrogens (tertiary/aromatic N) is 3. The third-order valence-electron chi connectivity index (χ3n) is 6.49. The summed E-state index contributed by atoms with van der Waals surface area (Å²) >= 11 is 1.65. The molecule has 2 aliphatic rings. The van der Waals surface area contributed by atoms with Crippen molar-refractivity contribution in [3.8, 4) is 0 Å². The Morgan fingerprint density at radius 2 is 1.97 bits per heavy atom. The van der Waals surface area contributed by atoms with Crippen LogP contribution in [0.1, 0.15) is 48.1 Å². The van der Waals surface area contributed by atoms with Crippen molar-refractivity contribution in [2.75, 3.05) is 13.1 Å². The molecule has 5 rings (SSSR count). The fourth-order valence-electron chi connectivity index (χ4n) is 4.73. The fraction of sp³-hybridized carbons (Fsp3) is 0.400. The van der Waals surface area contributed by atoms with E-state index in [1.165, 1.54) is 34.6 Å². The highest BCUT2D eigenvalue weighted by Crippen LogP contribution is 2.33. The standard InChI is InChI=1S/C25H26FN3O2S/c26-19-5-3-4-18(15-19)14-17-8-11-28(12-9-17)22(30)10-13-29-16-27-24-23(25(29)31)20-6-1-2-7-21(20)32-24/h3-5,14-16H,1-2,6-13H2. The van der Waals surface area contributed by atoms with Crippen LogP contribution >= 0.6 is 11.3 Å². The van der Waals surface area contributed by atoms with Gasteiger partial charge in [0.05, 0.1) is 11.7 Å². The molecule has 166 valence electrons. The van der Waals surface area contributed by atoms with Crippen molar-refractivity contribution in [3.63, 3.8) is 0 Å². The number of amides is 1. The summed E-state index contributed by atoms with van der Waals surface area (Å²) in [7, 11) is 0. The maximum Gasteiger partial charge on any atom is 0.262 e. The number of aryl methyl sites for hydroxylation is 3. The van der Waals surface area contributed by atoms with E-state index >= 15 is 0 Å². The van der Waals surface area contributed by atoms with Crippen molar-refractivity contribution < 1.29 is 9.18 Å². The number of thiophene rings is 1. The van der Waals surface area contributed by atoms with Crippen LogP contribution in [-0.2, 0) is 24.2 Å².